The second kappa shape index (κ2) is 6.18. The maximum absolute atomic E-state index is 12.5. The van der Waals surface area contributed by atoms with Crippen LogP contribution in [-0.2, 0) is 10.2 Å². The van der Waals surface area contributed by atoms with Gasteiger partial charge in [-0.05, 0) is 26.7 Å². The molecule has 1 N–H and O–H groups in total. The van der Waals surface area contributed by atoms with Gasteiger partial charge in [-0.1, -0.05) is 0 Å². The van der Waals surface area contributed by atoms with Crippen molar-refractivity contribution in [1.29, 1.82) is 0 Å². The number of methoxy groups -OCH3 is 1. The first-order valence-corrected chi connectivity index (χ1v) is 9.41. The lowest BCUT2D eigenvalue weighted by atomic mass is 9.62. The van der Waals surface area contributed by atoms with Crippen molar-refractivity contribution in [2.75, 3.05) is 25.6 Å². The van der Waals surface area contributed by atoms with Crippen LogP contribution < -0.4 is 14.8 Å². The Labute approximate surface area is 166 Å². The fourth-order valence-electron chi connectivity index (χ4n) is 4.31. The third-order valence-electron chi connectivity index (χ3n) is 5.49. The number of hydrogen-bond donors (Lipinski definition) is 1. The number of nitrogens with zero attached hydrogens (tertiary/aromatic N) is 4. The predicted octanol–water partition coefficient (Wildman–Crippen LogP) is 2.20. The van der Waals surface area contributed by atoms with Crippen molar-refractivity contribution in [2.24, 2.45) is 0 Å². The largest absolute Gasteiger partial charge is 0.478 e. The standard InChI is InChI=1S/C19H21N5O5/c1-4-27-17-20-11(7-28-17)15(25)22-13-6-24-5-12(21-14(24)16(23-13)26-3)19-8-18(2,9-19)29-10-19/h5-7H,4,8-10H2,1-3H3,(H,22,25). The Morgan fingerprint density at radius 2 is 2.14 bits per heavy atom. The Bertz CT molecular complexity index is 1100. The second-order valence-electron chi connectivity index (χ2n) is 7.75. The number of rotatable bonds is 6. The molecule has 3 aromatic heterocycles. The molecule has 10 nitrogen and oxygen atoms in total. The third kappa shape index (κ3) is 2.82. The average molecular weight is 399 g/mol. The van der Waals surface area contributed by atoms with Crippen molar-refractivity contribution >= 4 is 17.4 Å². The molecule has 5 heterocycles. The third-order valence-corrected chi connectivity index (χ3v) is 5.49. The van der Waals surface area contributed by atoms with Gasteiger partial charge in [0.1, 0.15) is 6.26 Å². The monoisotopic (exact) mass is 399 g/mol. The van der Waals surface area contributed by atoms with E-state index < -0.39 is 5.91 Å². The molecule has 1 aliphatic carbocycles. The number of hydrogen-bond acceptors (Lipinski definition) is 8. The van der Waals surface area contributed by atoms with Crippen molar-refractivity contribution < 1.29 is 23.4 Å². The van der Waals surface area contributed by atoms with E-state index in [9.17, 15) is 4.79 Å². The summed E-state index contributed by atoms with van der Waals surface area (Å²) in [7, 11) is 1.52. The summed E-state index contributed by atoms with van der Waals surface area (Å²) in [6, 6.07) is 0. The van der Waals surface area contributed by atoms with Crippen LogP contribution in [0.3, 0.4) is 0 Å². The topological polar surface area (TPSA) is 113 Å². The van der Waals surface area contributed by atoms with Crippen molar-refractivity contribution in [3.05, 3.63) is 30.0 Å². The predicted molar refractivity (Wildman–Crippen MR) is 100 cm³/mol. The Kier molecular flexibility index (Phi) is 3.82. The molecule has 2 aliphatic heterocycles. The highest BCUT2D eigenvalue weighted by molar-refractivity contribution is 6.02. The maximum Gasteiger partial charge on any atom is 0.394 e. The number of anilines is 1. The van der Waals surface area contributed by atoms with Crippen LogP contribution in [0.25, 0.3) is 5.65 Å². The van der Waals surface area contributed by atoms with Crippen LogP contribution in [0.4, 0.5) is 5.82 Å². The number of carbonyl (C=O) groups excluding carboxylic acids is 1. The minimum absolute atomic E-state index is 0.0325. The normalized spacial score (nSPS) is 25.1. The van der Waals surface area contributed by atoms with E-state index in [1.54, 1.807) is 13.1 Å². The molecule has 0 unspecified atom stereocenters. The minimum atomic E-state index is -0.466. The number of nitrogens with one attached hydrogen (secondary N) is 1. The smallest absolute Gasteiger partial charge is 0.394 e. The second-order valence-corrected chi connectivity index (χ2v) is 7.75. The lowest BCUT2D eigenvalue weighted by molar-refractivity contribution is 0.0154. The zero-order valence-electron chi connectivity index (χ0n) is 16.4. The van der Waals surface area contributed by atoms with Crippen LogP contribution >= 0.6 is 0 Å². The van der Waals surface area contributed by atoms with Crippen LogP contribution in [0.1, 0.15) is 42.9 Å². The minimum Gasteiger partial charge on any atom is -0.478 e. The molecule has 152 valence electrons. The van der Waals surface area contributed by atoms with Gasteiger partial charge in [-0.3, -0.25) is 9.20 Å². The van der Waals surface area contributed by atoms with Crippen LogP contribution in [0.5, 0.6) is 12.0 Å². The van der Waals surface area contributed by atoms with E-state index in [-0.39, 0.29) is 22.8 Å². The first-order chi connectivity index (χ1) is 13.9. The summed E-state index contributed by atoms with van der Waals surface area (Å²) in [5.41, 5.74) is 1.56. The molecule has 3 aliphatic rings. The van der Waals surface area contributed by atoms with Crippen molar-refractivity contribution in [1.82, 2.24) is 19.4 Å². The molecule has 29 heavy (non-hydrogen) atoms. The quantitative estimate of drug-likeness (QED) is 0.671. The number of amides is 1. The SMILES string of the molecule is CCOc1nc(C(=O)Nc2cn3cc(C45COC(C)(C4)C5)nc3c(OC)n2)co1. The number of aromatic nitrogens is 4. The number of ether oxygens (including phenoxy) is 3. The molecule has 6 rings (SSSR count). The van der Waals surface area contributed by atoms with E-state index in [0.717, 1.165) is 18.5 Å². The van der Waals surface area contributed by atoms with E-state index in [1.165, 1.54) is 13.4 Å². The van der Waals surface area contributed by atoms with Gasteiger partial charge in [-0.25, -0.2) is 4.98 Å². The number of fused-ring (bicyclic) bond motifs is 2. The molecule has 0 atom stereocenters. The van der Waals surface area contributed by atoms with Gasteiger partial charge in [0.2, 0.25) is 5.65 Å². The first kappa shape index (κ1) is 17.9. The molecular weight excluding hydrogens is 378 g/mol. The summed E-state index contributed by atoms with van der Waals surface area (Å²) in [5.74, 6) is 0.163. The molecule has 3 aromatic rings. The van der Waals surface area contributed by atoms with Crippen molar-refractivity contribution in [3.63, 3.8) is 0 Å². The Balaban J connectivity index is 1.43. The Morgan fingerprint density at radius 3 is 2.83 bits per heavy atom. The van der Waals surface area contributed by atoms with E-state index >= 15 is 0 Å². The summed E-state index contributed by atoms with van der Waals surface area (Å²) in [5, 5.41) is 2.70. The summed E-state index contributed by atoms with van der Waals surface area (Å²) < 4.78 is 23.3. The van der Waals surface area contributed by atoms with Crippen LogP contribution in [-0.4, -0.2) is 51.2 Å². The summed E-state index contributed by atoms with van der Waals surface area (Å²) >= 11 is 0. The number of imidazole rings is 1. The summed E-state index contributed by atoms with van der Waals surface area (Å²) in [4.78, 5) is 25.6. The van der Waals surface area contributed by atoms with Crippen LogP contribution in [0.2, 0.25) is 0 Å². The van der Waals surface area contributed by atoms with E-state index in [0.29, 0.717) is 30.6 Å². The van der Waals surface area contributed by atoms with Gasteiger partial charge in [0, 0.05) is 11.6 Å². The van der Waals surface area contributed by atoms with Gasteiger partial charge in [0.05, 0.1) is 37.8 Å². The highest BCUT2D eigenvalue weighted by Crippen LogP contribution is 2.58. The number of oxazole rings is 1. The molecular formula is C19H21N5O5. The molecule has 1 amide bonds. The van der Waals surface area contributed by atoms with Gasteiger partial charge < -0.3 is 23.9 Å². The maximum atomic E-state index is 12.5. The fraction of sp³-hybridized carbons (Fsp3) is 0.474. The van der Waals surface area contributed by atoms with Gasteiger partial charge in [-0.15, -0.1) is 0 Å². The Morgan fingerprint density at radius 1 is 1.31 bits per heavy atom. The van der Waals surface area contributed by atoms with Crippen molar-refractivity contribution in [2.45, 2.75) is 37.7 Å². The highest BCUT2D eigenvalue weighted by atomic mass is 16.6. The summed E-state index contributed by atoms with van der Waals surface area (Å²) in [6.45, 7) is 4.99. The molecule has 1 saturated carbocycles. The van der Waals surface area contributed by atoms with Gasteiger partial charge in [0.15, 0.2) is 11.5 Å². The zero-order valence-corrected chi connectivity index (χ0v) is 16.4. The molecule has 0 aromatic carbocycles. The van der Waals surface area contributed by atoms with Gasteiger partial charge in [-0.2, -0.15) is 9.97 Å². The van der Waals surface area contributed by atoms with Gasteiger partial charge >= 0.3 is 6.08 Å². The molecule has 2 bridgehead atoms. The highest BCUT2D eigenvalue weighted by Gasteiger charge is 2.61. The summed E-state index contributed by atoms with van der Waals surface area (Å²) in [6.07, 6.45) is 6.84. The van der Waals surface area contributed by atoms with Crippen molar-refractivity contribution in [3.8, 4) is 12.0 Å². The van der Waals surface area contributed by atoms with Crippen LogP contribution in [0.15, 0.2) is 23.1 Å². The van der Waals surface area contributed by atoms with E-state index in [4.69, 9.17) is 23.6 Å². The van der Waals surface area contributed by atoms with Gasteiger partial charge in [0.25, 0.3) is 11.8 Å². The average Bonchev–Trinajstić information content (AvgIpc) is 3.42. The van der Waals surface area contributed by atoms with E-state index in [2.05, 4.69) is 22.2 Å². The van der Waals surface area contributed by atoms with E-state index in [1.807, 2.05) is 10.6 Å². The zero-order chi connectivity index (χ0) is 20.2. The lowest BCUT2D eigenvalue weighted by Gasteiger charge is -2.41. The first-order valence-electron chi connectivity index (χ1n) is 9.41. The number of carbonyl (C=O) groups is 1. The molecule has 0 radical (unpaired) electrons. The van der Waals surface area contributed by atoms with Crippen LogP contribution in [0, 0.1) is 0 Å². The Hall–Kier alpha value is -3.14. The molecule has 0 spiro atoms. The molecule has 10 heteroatoms. The fourth-order valence-corrected chi connectivity index (χ4v) is 4.31. The lowest BCUT2D eigenvalue weighted by Crippen LogP contribution is -2.45. The molecule has 3 fully saturated rings. The molecule has 2 saturated heterocycles.